The number of nitrogens with zero attached hydrogens (tertiary/aromatic N) is 3. The predicted octanol–water partition coefficient (Wildman–Crippen LogP) is 2.09. The van der Waals surface area contributed by atoms with E-state index in [1.807, 2.05) is 24.1 Å². The largest absolute Gasteiger partial charge is 0.334 e. The third kappa shape index (κ3) is 1.30. The summed E-state index contributed by atoms with van der Waals surface area (Å²) < 4.78 is 2.02. The van der Waals surface area contributed by atoms with Crippen LogP contribution in [0.25, 0.3) is 11.0 Å². The van der Waals surface area contributed by atoms with Crippen LogP contribution in [0.4, 0.5) is 0 Å². The van der Waals surface area contributed by atoms with Gasteiger partial charge in [0.2, 0.25) is 0 Å². The lowest BCUT2D eigenvalue weighted by atomic mass is 10.1. The van der Waals surface area contributed by atoms with Crippen LogP contribution in [0, 0.1) is 0 Å². The molecular formula is C10H13N3. The summed E-state index contributed by atoms with van der Waals surface area (Å²) in [5, 5.41) is 0. The van der Waals surface area contributed by atoms with Gasteiger partial charge in [-0.05, 0) is 12.0 Å². The van der Waals surface area contributed by atoms with Crippen LogP contribution in [-0.2, 0) is 7.05 Å². The molecule has 2 aromatic heterocycles. The normalized spacial score (nSPS) is 11.4. The zero-order valence-corrected chi connectivity index (χ0v) is 8.15. The predicted molar refractivity (Wildman–Crippen MR) is 52.6 cm³/mol. The van der Waals surface area contributed by atoms with Crippen LogP contribution in [0.1, 0.15) is 25.5 Å². The van der Waals surface area contributed by atoms with E-state index in [9.17, 15) is 0 Å². The van der Waals surface area contributed by atoms with Gasteiger partial charge in [-0.15, -0.1) is 0 Å². The Kier molecular flexibility index (Phi) is 1.79. The molecule has 0 N–H and O–H groups in total. The molecule has 0 aliphatic carbocycles. The van der Waals surface area contributed by atoms with E-state index in [-0.39, 0.29) is 0 Å². The maximum absolute atomic E-state index is 4.34. The number of pyridine rings is 1. The Labute approximate surface area is 77.4 Å². The molecule has 0 saturated heterocycles. The van der Waals surface area contributed by atoms with E-state index in [0.29, 0.717) is 5.92 Å². The average Bonchev–Trinajstić information content (AvgIpc) is 2.47. The van der Waals surface area contributed by atoms with Gasteiger partial charge in [0.1, 0.15) is 5.52 Å². The molecular weight excluding hydrogens is 162 g/mol. The fourth-order valence-corrected chi connectivity index (χ4v) is 1.36. The molecule has 3 nitrogen and oxygen atoms in total. The van der Waals surface area contributed by atoms with Crippen molar-refractivity contribution in [3.8, 4) is 0 Å². The lowest BCUT2D eigenvalue weighted by molar-refractivity contribution is 0.823. The molecule has 0 bridgehead atoms. The molecule has 2 aromatic rings. The molecule has 0 amide bonds. The van der Waals surface area contributed by atoms with E-state index >= 15 is 0 Å². The molecule has 3 heteroatoms. The van der Waals surface area contributed by atoms with Crippen LogP contribution in [-0.4, -0.2) is 14.5 Å². The summed E-state index contributed by atoms with van der Waals surface area (Å²) >= 11 is 0. The van der Waals surface area contributed by atoms with Crippen LogP contribution >= 0.6 is 0 Å². The maximum atomic E-state index is 4.34. The number of hydrogen-bond acceptors (Lipinski definition) is 2. The van der Waals surface area contributed by atoms with Gasteiger partial charge in [0.25, 0.3) is 0 Å². The molecule has 68 valence electrons. The summed E-state index contributed by atoms with van der Waals surface area (Å²) in [5.41, 5.74) is 3.24. The van der Waals surface area contributed by atoms with E-state index in [1.165, 1.54) is 0 Å². The van der Waals surface area contributed by atoms with Gasteiger partial charge in [-0.2, -0.15) is 0 Å². The van der Waals surface area contributed by atoms with Crippen molar-refractivity contribution in [2.24, 2.45) is 7.05 Å². The Bertz CT molecular complexity index is 429. The first-order valence-corrected chi connectivity index (χ1v) is 4.45. The molecule has 0 radical (unpaired) electrons. The zero-order valence-electron chi connectivity index (χ0n) is 8.15. The molecule has 0 spiro atoms. The van der Waals surface area contributed by atoms with Crippen molar-refractivity contribution in [3.05, 3.63) is 24.3 Å². The number of rotatable bonds is 1. The minimum Gasteiger partial charge on any atom is -0.334 e. The smallest absolute Gasteiger partial charge is 0.107 e. The van der Waals surface area contributed by atoms with Crippen molar-refractivity contribution in [2.45, 2.75) is 19.8 Å². The topological polar surface area (TPSA) is 30.7 Å². The van der Waals surface area contributed by atoms with Crippen LogP contribution in [0.3, 0.4) is 0 Å². The number of aromatic nitrogens is 3. The quantitative estimate of drug-likeness (QED) is 0.664. The maximum Gasteiger partial charge on any atom is 0.107 e. The van der Waals surface area contributed by atoms with Crippen molar-refractivity contribution in [3.63, 3.8) is 0 Å². The second-order valence-corrected chi connectivity index (χ2v) is 3.61. The van der Waals surface area contributed by atoms with E-state index in [1.54, 1.807) is 0 Å². The summed E-state index contributed by atoms with van der Waals surface area (Å²) in [7, 11) is 2.00. The first-order chi connectivity index (χ1) is 6.18. The molecule has 2 heterocycles. The van der Waals surface area contributed by atoms with E-state index in [0.717, 1.165) is 16.7 Å². The first-order valence-electron chi connectivity index (χ1n) is 4.45. The van der Waals surface area contributed by atoms with E-state index in [4.69, 9.17) is 0 Å². The van der Waals surface area contributed by atoms with Gasteiger partial charge in [-0.25, -0.2) is 4.98 Å². The highest BCUT2D eigenvalue weighted by Crippen LogP contribution is 2.16. The standard InChI is InChI=1S/C10H13N3/c1-7(2)8-4-10-9(5-11-8)12-6-13(10)3/h4-7H,1-3H3. The number of aryl methyl sites for hydroxylation is 1. The molecule has 0 aliphatic rings. The lowest BCUT2D eigenvalue weighted by Crippen LogP contribution is -1.93. The number of fused-ring (bicyclic) bond motifs is 1. The molecule has 0 unspecified atom stereocenters. The fourth-order valence-electron chi connectivity index (χ4n) is 1.36. The average molecular weight is 175 g/mol. The molecule has 13 heavy (non-hydrogen) atoms. The fraction of sp³-hybridized carbons (Fsp3) is 0.400. The lowest BCUT2D eigenvalue weighted by Gasteiger charge is -2.03. The minimum atomic E-state index is 0.472. The molecule has 0 fully saturated rings. The van der Waals surface area contributed by atoms with Gasteiger partial charge in [0.05, 0.1) is 18.0 Å². The van der Waals surface area contributed by atoms with Gasteiger partial charge in [0, 0.05) is 12.7 Å². The van der Waals surface area contributed by atoms with Crippen molar-refractivity contribution in [1.82, 2.24) is 14.5 Å². The summed E-state index contributed by atoms with van der Waals surface area (Å²) in [6.07, 6.45) is 3.65. The molecule has 0 atom stereocenters. The Morgan fingerprint density at radius 1 is 1.31 bits per heavy atom. The van der Waals surface area contributed by atoms with E-state index < -0.39 is 0 Å². The highest BCUT2D eigenvalue weighted by molar-refractivity contribution is 5.74. The summed E-state index contributed by atoms with van der Waals surface area (Å²) in [6, 6.07) is 2.10. The molecule has 0 aromatic carbocycles. The SMILES string of the molecule is CC(C)c1cc2c(cn1)ncn2C. The number of imidazole rings is 1. The molecule has 0 aliphatic heterocycles. The van der Waals surface area contributed by atoms with Gasteiger partial charge >= 0.3 is 0 Å². The Morgan fingerprint density at radius 3 is 2.77 bits per heavy atom. The summed E-state index contributed by atoms with van der Waals surface area (Å²) in [4.78, 5) is 8.56. The van der Waals surface area contributed by atoms with Crippen molar-refractivity contribution in [1.29, 1.82) is 0 Å². The van der Waals surface area contributed by atoms with Crippen molar-refractivity contribution >= 4 is 11.0 Å². The Balaban J connectivity index is 2.66. The minimum absolute atomic E-state index is 0.472. The van der Waals surface area contributed by atoms with Crippen molar-refractivity contribution in [2.75, 3.05) is 0 Å². The first kappa shape index (κ1) is 8.23. The monoisotopic (exact) mass is 175 g/mol. The second-order valence-electron chi connectivity index (χ2n) is 3.61. The van der Waals surface area contributed by atoms with Gasteiger partial charge in [0.15, 0.2) is 0 Å². The Morgan fingerprint density at radius 2 is 2.08 bits per heavy atom. The van der Waals surface area contributed by atoms with Gasteiger partial charge in [-0.1, -0.05) is 13.8 Å². The van der Waals surface area contributed by atoms with Crippen LogP contribution in [0.15, 0.2) is 18.6 Å². The second kappa shape index (κ2) is 2.83. The van der Waals surface area contributed by atoms with Crippen molar-refractivity contribution < 1.29 is 0 Å². The molecule has 0 saturated carbocycles. The third-order valence-corrected chi connectivity index (χ3v) is 2.22. The van der Waals surface area contributed by atoms with Gasteiger partial charge < -0.3 is 4.57 Å². The van der Waals surface area contributed by atoms with Gasteiger partial charge in [-0.3, -0.25) is 4.98 Å². The highest BCUT2D eigenvalue weighted by Gasteiger charge is 2.04. The Hall–Kier alpha value is -1.38. The van der Waals surface area contributed by atoms with Crippen LogP contribution in [0.2, 0.25) is 0 Å². The van der Waals surface area contributed by atoms with Crippen LogP contribution in [0.5, 0.6) is 0 Å². The summed E-state index contributed by atoms with van der Waals surface area (Å²) in [5.74, 6) is 0.472. The summed E-state index contributed by atoms with van der Waals surface area (Å²) in [6.45, 7) is 4.29. The zero-order chi connectivity index (χ0) is 9.42. The van der Waals surface area contributed by atoms with E-state index in [2.05, 4.69) is 29.9 Å². The molecule has 2 rings (SSSR count). The highest BCUT2D eigenvalue weighted by atomic mass is 15.0. The van der Waals surface area contributed by atoms with Crippen LogP contribution < -0.4 is 0 Å². The number of hydrogen-bond donors (Lipinski definition) is 0. The third-order valence-electron chi connectivity index (χ3n) is 2.22.